The summed E-state index contributed by atoms with van der Waals surface area (Å²) in [6.45, 7) is 1.65. The standard InChI is InChI=1S/C25H23N5O4/c1-15-3-4-16(12-24(15)30(32)33)25(31)27-18-5-7-21-17(11-18)14-29(28-21)23-9-10-26-22-8-6-19(34-2)13-20(22)23/h3-4,6,8-10,12-14,18H,5,7,11H2,1-2H3,(H,27,31). The van der Waals surface area contributed by atoms with Gasteiger partial charge in [0.15, 0.2) is 0 Å². The third-order valence-corrected chi connectivity index (χ3v) is 6.25. The summed E-state index contributed by atoms with van der Waals surface area (Å²) in [5.74, 6) is 0.439. The summed E-state index contributed by atoms with van der Waals surface area (Å²) in [5, 5.41) is 20.0. The summed E-state index contributed by atoms with van der Waals surface area (Å²) in [4.78, 5) is 28.0. The predicted molar refractivity (Wildman–Crippen MR) is 127 cm³/mol. The van der Waals surface area contributed by atoms with E-state index in [0.717, 1.165) is 46.4 Å². The fourth-order valence-corrected chi connectivity index (χ4v) is 4.41. The highest BCUT2D eigenvalue weighted by Crippen LogP contribution is 2.28. The Morgan fingerprint density at radius 3 is 2.88 bits per heavy atom. The number of rotatable bonds is 5. The van der Waals surface area contributed by atoms with E-state index in [-0.39, 0.29) is 23.2 Å². The molecule has 2 aromatic heterocycles. The monoisotopic (exact) mass is 457 g/mol. The normalized spacial score (nSPS) is 15.1. The number of pyridine rings is 1. The molecule has 2 heterocycles. The Morgan fingerprint density at radius 2 is 2.09 bits per heavy atom. The minimum Gasteiger partial charge on any atom is -0.497 e. The lowest BCUT2D eigenvalue weighted by Crippen LogP contribution is -2.38. The molecule has 5 rings (SSSR count). The highest BCUT2D eigenvalue weighted by atomic mass is 16.6. The molecule has 0 radical (unpaired) electrons. The van der Waals surface area contributed by atoms with Crippen LogP contribution < -0.4 is 10.1 Å². The second-order valence-electron chi connectivity index (χ2n) is 8.43. The SMILES string of the molecule is COc1ccc2nccc(-n3cc4c(n3)CCC(NC(=O)c3ccc(C)c([N+](=O)[O-])c3)C4)c2c1. The van der Waals surface area contributed by atoms with Crippen molar-refractivity contribution in [3.8, 4) is 11.4 Å². The molecule has 0 saturated carbocycles. The van der Waals surface area contributed by atoms with E-state index in [2.05, 4.69) is 10.3 Å². The number of aryl methyl sites for hydroxylation is 2. The van der Waals surface area contributed by atoms with Gasteiger partial charge in [0.25, 0.3) is 11.6 Å². The summed E-state index contributed by atoms with van der Waals surface area (Å²) in [5.41, 5.74) is 4.59. The maximum Gasteiger partial charge on any atom is 0.273 e. The highest BCUT2D eigenvalue weighted by Gasteiger charge is 2.25. The van der Waals surface area contributed by atoms with Gasteiger partial charge in [-0.25, -0.2) is 4.68 Å². The van der Waals surface area contributed by atoms with Crippen LogP contribution in [0.3, 0.4) is 0 Å². The number of nitro benzene ring substituents is 1. The van der Waals surface area contributed by atoms with Crippen molar-refractivity contribution in [2.45, 2.75) is 32.2 Å². The third-order valence-electron chi connectivity index (χ3n) is 6.25. The maximum atomic E-state index is 12.8. The van der Waals surface area contributed by atoms with E-state index >= 15 is 0 Å². The van der Waals surface area contributed by atoms with Gasteiger partial charge < -0.3 is 10.1 Å². The number of carbonyl (C=O) groups is 1. The topological polar surface area (TPSA) is 112 Å². The summed E-state index contributed by atoms with van der Waals surface area (Å²) in [7, 11) is 1.63. The molecule has 34 heavy (non-hydrogen) atoms. The van der Waals surface area contributed by atoms with Gasteiger partial charge in [-0.2, -0.15) is 5.10 Å². The van der Waals surface area contributed by atoms with Crippen LogP contribution >= 0.6 is 0 Å². The van der Waals surface area contributed by atoms with Crippen molar-refractivity contribution in [2.75, 3.05) is 7.11 Å². The van der Waals surface area contributed by atoms with Crippen molar-refractivity contribution in [3.63, 3.8) is 0 Å². The van der Waals surface area contributed by atoms with E-state index in [1.165, 1.54) is 6.07 Å². The smallest absolute Gasteiger partial charge is 0.273 e. The number of nitrogens with zero attached hydrogens (tertiary/aromatic N) is 4. The van der Waals surface area contributed by atoms with Crippen LogP contribution in [0, 0.1) is 17.0 Å². The summed E-state index contributed by atoms with van der Waals surface area (Å²) in [6, 6.07) is 12.1. The summed E-state index contributed by atoms with van der Waals surface area (Å²) >= 11 is 0. The number of fused-ring (bicyclic) bond motifs is 2. The molecule has 4 aromatic rings. The van der Waals surface area contributed by atoms with Gasteiger partial charge >= 0.3 is 0 Å². The van der Waals surface area contributed by atoms with Gasteiger partial charge in [0.1, 0.15) is 5.75 Å². The second-order valence-corrected chi connectivity index (χ2v) is 8.43. The molecule has 172 valence electrons. The molecule has 1 aliphatic rings. The molecule has 9 heteroatoms. The van der Waals surface area contributed by atoms with Gasteiger partial charge in [0.2, 0.25) is 0 Å². The quantitative estimate of drug-likeness (QED) is 0.359. The summed E-state index contributed by atoms with van der Waals surface area (Å²) in [6.07, 6.45) is 5.87. The van der Waals surface area contributed by atoms with Crippen LogP contribution in [-0.4, -0.2) is 38.7 Å². The molecule has 1 unspecified atom stereocenters. The largest absolute Gasteiger partial charge is 0.497 e. The second kappa shape index (κ2) is 8.58. The first-order valence-corrected chi connectivity index (χ1v) is 11.0. The van der Waals surface area contributed by atoms with Crippen LogP contribution in [0.2, 0.25) is 0 Å². The van der Waals surface area contributed by atoms with Gasteiger partial charge in [0, 0.05) is 41.0 Å². The molecule has 0 fully saturated rings. The Balaban J connectivity index is 1.37. The average Bonchev–Trinajstić information content (AvgIpc) is 3.26. The van der Waals surface area contributed by atoms with E-state index in [4.69, 9.17) is 9.84 Å². The van der Waals surface area contributed by atoms with E-state index in [1.807, 2.05) is 35.1 Å². The predicted octanol–water partition coefficient (Wildman–Crippen LogP) is 3.93. The lowest BCUT2D eigenvalue weighted by molar-refractivity contribution is -0.385. The first kappa shape index (κ1) is 21.6. The number of carbonyl (C=O) groups excluding carboxylic acids is 1. The minimum atomic E-state index is -0.466. The van der Waals surface area contributed by atoms with Gasteiger partial charge in [-0.15, -0.1) is 0 Å². The fourth-order valence-electron chi connectivity index (χ4n) is 4.41. The molecule has 1 atom stereocenters. The number of nitrogens with one attached hydrogen (secondary N) is 1. The number of aromatic nitrogens is 3. The molecule has 0 bridgehead atoms. The molecule has 1 N–H and O–H groups in total. The number of methoxy groups -OCH3 is 1. The average molecular weight is 457 g/mol. The maximum absolute atomic E-state index is 12.8. The number of benzene rings is 2. The van der Waals surface area contributed by atoms with Crippen molar-refractivity contribution in [3.05, 3.63) is 87.4 Å². The van der Waals surface area contributed by atoms with Crippen LogP contribution in [0.1, 0.15) is 33.6 Å². The first-order valence-electron chi connectivity index (χ1n) is 11.0. The van der Waals surface area contributed by atoms with Crippen LogP contribution in [-0.2, 0) is 12.8 Å². The van der Waals surface area contributed by atoms with Crippen LogP contribution in [0.5, 0.6) is 5.75 Å². The Morgan fingerprint density at radius 1 is 1.24 bits per heavy atom. The number of hydrogen-bond donors (Lipinski definition) is 1. The van der Waals surface area contributed by atoms with Gasteiger partial charge in [0.05, 0.1) is 28.9 Å². The zero-order chi connectivity index (χ0) is 23.8. The molecular formula is C25H23N5O4. The highest BCUT2D eigenvalue weighted by molar-refractivity contribution is 5.95. The van der Waals surface area contributed by atoms with E-state index in [0.29, 0.717) is 12.0 Å². The number of nitro groups is 1. The summed E-state index contributed by atoms with van der Waals surface area (Å²) < 4.78 is 7.24. The lowest BCUT2D eigenvalue weighted by Gasteiger charge is -2.22. The van der Waals surface area contributed by atoms with Crippen molar-refractivity contribution in [2.24, 2.45) is 0 Å². The van der Waals surface area contributed by atoms with E-state index in [9.17, 15) is 14.9 Å². The van der Waals surface area contributed by atoms with E-state index < -0.39 is 4.92 Å². The molecular weight excluding hydrogens is 434 g/mol. The van der Waals surface area contributed by atoms with Crippen molar-refractivity contribution >= 4 is 22.5 Å². The van der Waals surface area contributed by atoms with Gasteiger partial charge in [-0.3, -0.25) is 19.9 Å². The van der Waals surface area contributed by atoms with E-state index in [1.54, 1.807) is 32.4 Å². The molecule has 2 aromatic carbocycles. The molecule has 1 aliphatic carbocycles. The molecule has 1 amide bonds. The fraction of sp³-hybridized carbons (Fsp3) is 0.240. The number of amides is 1. The van der Waals surface area contributed by atoms with Crippen LogP contribution in [0.25, 0.3) is 16.6 Å². The van der Waals surface area contributed by atoms with Crippen LogP contribution in [0.15, 0.2) is 54.9 Å². The lowest BCUT2D eigenvalue weighted by atomic mass is 9.93. The first-order chi connectivity index (χ1) is 16.4. The number of ether oxygens (including phenoxy) is 1. The molecule has 9 nitrogen and oxygen atoms in total. The Kier molecular flexibility index (Phi) is 5.45. The molecule has 0 spiro atoms. The van der Waals surface area contributed by atoms with Crippen molar-refractivity contribution in [1.82, 2.24) is 20.1 Å². The zero-order valence-electron chi connectivity index (χ0n) is 18.8. The Hall–Kier alpha value is -4.27. The third kappa shape index (κ3) is 3.96. The van der Waals surface area contributed by atoms with Crippen LogP contribution in [0.4, 0.5) is 5.69 Å². The van der Waals surface area contributed by atoms with Crippen molar-refractivity contribution < 1.29 is 14.5 Å². The Labute approximate surface area is 195 Å². The minimum absolute atomic E-state index is 0.0546. The van der Waals surface area contributed by atoms with Gasteiger partial charge in [-0.05, 0) is 62.1 Å². The van der Waals surface area contributed by atoms with Gasteiger partial charge in [-0.1, -0.05) is 6.07 Å². The molecule has 0 saturated heterocycles. The zero-order valence-corrected chi connectivity index (χ0v) is 18.8. The molecule has 0 aliphatic heterocycles. The van der Waals surface area contributed by atoms with Crippen molar-refractivity contribution in [1.29, 1.82) is 0 Å². The Bertz CT molecular complexity index is 1430. The number of hydrogen-bond acceptors (Lipinski definition) is 6.